The summed E-state index contributed by atoms with van der Waals surface area (Å²) in [6.07, 6.45) is -5.53. The zero-order valence-electron chi connectivity index (χ0n) is 10.1. The maximum absolute atomic E-state index is 12.8. The molecule has 0 aliphatic heterocycles. The summed E-state index contributed by atoms with van der Waals surface area (Å²) >= 11 is 0. The number of ketones is 1. The van der Waals surface area contributed by atoms with Crippen LogP contribution in [-0.2, 0) is 4.79 Å². The van der Waals surface area contributed by atoms with E-state index in [1.165, 1.54) is 0 Å². The summed E-state index contributed by atoms with van der Waals surface area (Å²) < 4.78 is 78.6. The summed E-state index contributed by atoms with van der Waals surface area (Å²) in [5.74, 6) is -6.59. The van der Waals surface area contributed by atoms with Crippen LogP contribution in [0.15, 0.2) is 12.1 Å². The van der Waals surface area contributed by atoms with Gasteiger partial charge in [-0.05, 0) is 12.8 Å². The van der Waals surface area contributed by atoms with Gasteiger partial charge in [0.05, 0.1) is 6.61 Å². The first-order valence-corrected chi connectivity index (χ1v) is 5.59. The number of rotatable bonds is 6. The number of benzene rings is 1. The third kappa shape index (κ3) is 4.75. The highest BCUT2D eigenvalue weighted by molar-refractivity contribution is 5.83. The van der Waals surface area contributed by atoms with E-state index in [-0.39, 0.29) is 25.2 Å². The van der Waals surface area contributed by atoms with Crippen molar-refractivity contribution in [2.24, 2.45) is 0 Å². The smallest absolute Gasteiger partial charge is 0.449 e. The van der Waals surface area contributed by atoms with Crippen molar-refractivity contribution < 1.29 is 35.9 Å². The Morgan fingerprint density at radius 3 is 2.10 bits per heavy atom. The lowest BCUT2D eigenvalue weighted by atomic mass is 10.2. The van der Waals surface area contributed by atoms with Gasteiger partial charge in [-0.25, -0.2) is 13.2 Å². The number of halogens is 6. The second-order valence-electron chi connectivity index (χ2n) is 3.93. The van der Waals surface area contributed by atoms with Crippen molar-refractivity contribution >= 4 is 5.78 Å². The lowest BCUT2D eigenvalue weighted by molar-refractivity contribution is -0.171. The fourth-order valence-electron chi connectivity index (χ4n) is 1.33. The molecular weight excluding hydrogens is 290 g/mol. The molecule has 0 heterocycles. The van der Waals surface area contributed by atoms with Crippen LogP contribution in [-0.4, -0.2) is 18.6 Å². The van der Waals surface area contributed by atoms with Gasteiger partial charge in [0, 0.05) is 18.6 Å². The monoisotopic (exact) mass is 300 g/mol. The lowest BCUT2D eigenvalue weighted by Gasteiger charge is -2.07. The minimum atomic E-state index is -4.86. The fraction of sp³-hybridized carbons (Fsp3) is 0.417. The van der Waals surface area contributed by atoms with Gasteiger partial charge in [0.1, 0.15) is 5.75 Å². The molecule has 0 saturated carbocycles. The molecule has 1 rings (SSSR count). The molecule has 8 heteroatoms. The summed E-state index contributed by atoms with van der Waals surface area (Å²) in [5.41, 5.74) is 0. The molecule has 0 aliphatic carbocycles. The minimum Gasteiger partial charge on any atom is -0.493 e. The number of ether oxygens (including phenoxy) is 1. The highest BCUT2D eigenvalue weighted by Gasteiger charge is 2.37. The van der Waals surface area contributed by atoms with Gasteiger partial charge >= 0.3 is 6.18 Å². The highest BCUT2D eigenvalue weighted by Crippen LogP contribution is 2.21. The molecule has 0 radical (unpaired) electrons. The molecule has 0 spiro atoms. The molecule has 0 fully saturated rings. The van der Waals surface area contributed by atoms with Crippen LogP contribution >= 0.6 is 0 Å². The SMILES string of the molecule is O=C(CCCCOc1cc(F)c(F)c(F)c1)C(F)(F)F. The Bertz CT molecular complexity index is 460. The van der Waals surface area contributed by atoms with Crippen LogP contribution in [0.5, 0.6) is 5.75 Å². The Morgan fingerprint density at radius 2 is 1.60 bits per heavy atom. The molecule has 1 aromatic rings. The Hall–Kier alpha value is -1.73. The molecule has 0 bridgehead atoms. The third-order valence-electron chi connectivity index (χ3n) is 2.34. The van der Waals surface area contributed by atoms with E-state index in [1.807, 2.05) is 0 Å². The topological polar surface area (TPSA) is 26.3 Å². The van der Waals surface area contributed by atoms with E-state index in [9.17, 15) is 31.1 Å². The number of hydrogen-bond donors (Lipinski definition) is 0. The van der Waals surface area contributed by atoms with E-state index in [4.69, 9.17) is 4.74 Å². The summed E-state index contributed by atoms with van der Waals surface area (Å²) in [6, 6.07) is 1.25. The van der Waals surface area contributed by atoms with Crippen LogP contribution in [0.25, 0.3) is 0 Å². The van der Waals surface area contributed by atoms with Crippen molar-refractivity contribution in [1.29, 1.82) is 0 Å². The zero-order chi connectivity index (χ0) is 15.3. The summed E-state index contributed by atoms with van der Waals surface area (Å²) in [7, 11) is 0. The van der Waals surface area contributed by atoms with E-state index in [0.29, 0.717) is 12.1 Å². The third-order valence-corrected chi connectivity index (χ3v) is 2.34. The van der Waals surface area contributed by atoms with Crippen LogP contribution in [0.4, 0.5) is 26.3 Å². The molecular formula is C12H10F6O2. The second kappa shape index (κ2) is 6.62. The van der Waals surface area contributed by atoms with Gasteiger partial charge in [0.2, 0.25) is 5.78 Å². The van der Waals surface area contributed by atoms with Crippen LogP contribution in [0, 0.1) is 17.5 Å². The van der Waals surface area contributed by atoms with Gasteiger partial charge < -0.3 is 4.74 Å². The average molecular weight is 300 g/mol. The van der Waals surface area contributed by atoms with Crippen LogP contribution in [0.1, 0.15) is 19.3 Å². The van der Waals surface area contributed by atoms with Gasteiger partial charge in [-0.15, -0.1) is 0 Å². The second-order valence-corrected chi connectivity index (χ2v) is 3.93. The molecule has 1 aromatic carbocycles. The molecule has 0 saturated heterocycles. The normalized spacial score (nSPS) is 11.5. The van der Waals surface area contributed by atoms with Crippen molar-refractivity contribution in [2.45, 2.75) is 25.4 Å². The first-order valence-electron chi connectivity index (χ1n) is 5.59. The number of carbonyl (C=O) groups excluding carboxylic acids is 1. The maximum Gasteiger partial charge on any atom is 0.449 e. The van der Waals surface area contributed by atoms with Crippen molar-refractivity contribution in [2.75, 3.05) is 6.61 Å². The Kier molecular flexibility index (Phi) is 5.41. The maximum atomic E-state index is 12.8. The van der Waals surface area contributed by atoms with Gasteiger partial charge in [0.15, 0.2) is 17.5 Å². The summed E-state index contributed by atoms with van der Waals surface area (Å²) in [6.45, 7) is -0.143. The van der Waals surface area contributed by atoms with E-state index >= 15 is 0 Å². The number of carbonyl (C=O) groups is 1. The average Bonchev–Trinajstić information content (AvgIpc) is 2.34. The Labute approximate surface area is 110 Å². The predicted octanol–water partition coefficient (Wildman–Crippen LogP) is 3.78. The highest BCUT2D eigenvalue weighted by atomic mass is 19.4. The van der Waals surface area contributed by atoms with Crippen molar-refractivity contribution in [3.05, 3.63) is 29.6 Å². The number of alkyl halides is 3. The minimum absolute atomic E-state index is 0.0789. The van der Waals surface area contributed by atoms with Crippen LogP contribution in [0.2, 0.25) is 0 Å². The first-order chi connectivity index (χ1) is 9.21. The van der Waals surface area contributed by atoms with Crippen molar-refractivity contribution in [3.63, 3.8) is 0 Å². The summed E-state index contributed by atoms with van der Waals surface area (Å²) in [4.78, 5) is 10.5. The zero-order valence-corrected chi connectivity index (χ0v) is 10.1. The van der Waals surface area contributed by atoms with Gasteiger partial charge in [0.25, 0.3) is 0 Å². The standard InChI is InChI=1S/C12H10F6O2/c13-8-5-7(6-9(14)11(8)15)20-4-2-1-3-10(19)12(16,17)18/h5-6H,1-4H2. The first kappa shape index (κ1) is 16.3. The summed E-state index contributed by atoms with van der Waals surface area (Å²) in [5, 5.41) is 0. The predicted molar refractivity (Wildman–Crippen MR) is 56.7 cm³/mol. The quantitative estimate of drug-likeness (QED) is 0.454. The van der Waals surface area contributed by atoms with E-state index in [1.54, 1.807) is 0 Å². The molecule has 0 aromatic heterocycles. The van der Waals surface area contributed by atoms with Gasteiger partial charge in [-0.3, -0.25) is 4.79 Å². The largest absolute Gasteiger partial charge is 0.493 e. The van der Waals surface area contributed by atoms with Crippen LogP contribution < -0.4 is 4.74 Å². The lowest BCUT2D eigenvalue weighted by Crippen LogP contribution is -2.22. The molecule has 0 atom stereocenters. The van der Waals surface area contributed by atoms with E-state index in [2.05, 4.69) is 0 Å². The van der Waals surface area contributed by atoms with Crippen molar-refractivity contribution in [1.82, 2.24) is 0 Å². The number of hydrogen-bond acceptors (Lipinski definition) is 2. The Morgan fingerprint density at radius 1 is 1.05 bits per heavy atom. The van der Waals surface area contributed by atoms with Crippen LogP contribution in [0.3, 0.4) is 0 Å². The molecule has 2 nitrogen and oxygen atoms in total. The van der Waals surface area contributed by atoms with E-state index < -0.39 is 35.8 Å². The van der Waals surface area contributed by atoms with Gasteiger partial charge in [-0.2, -0.15) is 13.2 Å². The number of unbranched alkanes of at least 4 members (excludes halogenated alkanes) is 1. The molecule has 20 heavy (non-hydrogen) atoms. The number of Topliss-reactive ketones (excluding diaryl/α,β-unsaturated/α-hetero) is 1. The molecule has 0 aliphatic rings. The molecule has 112 valence electrons. The molecule has 0 unspecified atom stereocenters. The Balaban J connectivity index is 2.34. The fourth-order valence-corrected chi connectivity index (χ4v) is 1.33. The molecule has 0 amide bonds. The molecule has 0 N–H and O–H groups in total. The van der Waals surface area contributed by atoms with Gasteiger partial charge in [-0.1, -0.05) is 0 Å². The van der Waals surface area contributed by atoms with E-state index in [0.717, 1.165) is 0 Å². The van der Waals surface area contributed by atoms with Crippen molar-refractivity contribution in [3.8, 4) is 5.75 Å².